The summed E-state index contributed by atoms with van der Waals surface area (Å²) in [7, 11) is 0. The number of primary amides is 1. The van der Waals surface area contributed by atoms with Gasteiger partial charge in [-0.3, -0.25) is 9.59 Å². The fraction of sp³-hybridized carbons (Fsp3) is 0.778. The van der Waals surface area contributed by atoms with E-state index in [0.29, 0.717) is 23.9 Å². The molecule has 0 aromatic carbocycles. The van der Waals surface area contributed by atoms with Crippen LogP contribution in [0.5, 0.6) is 0 Å². The van der Waals surface area contributed by atoms with Crippen molar-refractivity contribution in [2.45, 2.75) is 77.0 Å². The maximum atomic E-state index is 11.2. The number of nitrogens with two attached hydrogens (primary N) is 1. The lowest BCUT2D eigenvalue weighted by Crippen LogP contribution is -2.51. The molecular weight excluding hydrogens is 350 g/mol. The first-order valence-electron chi connectivity index (χ1n) is 9.67. The van der Waals surface area contributed by atoms with Crippen molar-refractivity contribution >= 4 is 11.9 Å². The van der Waals surface area contributed by atoms with Crippen LogP contribution in [-0.4, -0.2) is 57.0 Å². The molecule has 1 saturated carbocycles. The molecule has 1 aliphatic carbocycles. The number of carbonyl (C=O) groups is 2. The van der Waals surface area contributed by atoms with Crippen LogP contribution in [0.3, 0.4) is 0 Å². The van der Waals surface area contributed by atoms with Crippen molar-refractivity contribution in [3.05, 3.63) is 11.6 Å². The molecule has 4 N–H and O–H groups in total. The summed E-state index contributed by atoms with van der Waals surface area (Å²) < 4.78 is 7.85. The molecule has 0 radical (unpaired) electrons. The van der Waals surface area contributed by atoms with Gasteiger partial charge >= 0.3 is 0 Å². The monoisotopic (exact) mass is 381 g/mol. The van der Waals surface area contributed by atoms with Gasteiger partial charge in [-0.05, 0) is 25.7 Å². The van der Waals surface area contributed by atoms with Crippen LogP contribution in [0.25, 0.3) is 0 Å². The molecule has 0 bridgehead atoms. The van der Waals surface area contributed by atoms with Gasteiger partial charge in [0.15, 0.2) is 5.82 Å². The number of ether oxygens (including phenoxy) is 1. The van der Waals surface area contributed by atoms with Gasteiger partial charge in [0.2, 0.25) is 5.91 Å². The first kappa shape index (κ1) is 21.3. The standard InChI is InChI=1S/C16H27N5O2.C2H4O2/c1-2-3-7-21-16(19-15(20-21)10-14(17)22)11-4-5-13-12(9-11)18-6-8-23-13;1-2(3)4/h11-13,18H,2-10H2,1H3,(H2,17,22);1H3,(H,3,4)/t11-,12+,13+;/m0./s1. The van der Waals surface area contributed by atoms with Crippen molar-refractivity contribution in [2.24, 2.45) is 5.73 Å². The second-order valence-corrected chi connectivity index (χ2v) is 7.10. The second-order valence-electron chi connectivity index (χ2n) is 7.10. The largest absolute Gasteiger partial charge is 0.481 e. The van der Waals surface area contributed by atoms with Gasteiger partial charge in [-0.2, -0.15) is 5.10 Å². The van der Waals surface area contributed by atoms with Crippen molar-refractivity contribution in [2.75, 3.05) is 13.2 Å². The predicted molar refractivity (Wildman–Crippen MR) is 99.3 cm³/mol. The average Bonchev–Trinajstić information content (AvgIpc) is 3.01. The molecule has 0 unspecified atom stereocenters. The summed E-state index contributed by atoms with van der Waals surface area (Å²) in [6.07, 6.45) is 5.74. The van der Waals surface area contributed by atoms with Crippen LogP contribution in [0.2, 0.25) is 0 Å². The fourth-order valence-corrected chi connectivity index (χ4v) is 3.65. The van der Waals surface area contributed by atoms with Crippen LogP contribution >= 0.6 is 0 Å². The van der Waals surface area contributed by atoms with E-state index in [9.17, 15) is 4.79 Å². The highest BCUT2D eigenvalue weighted by Gasteiger charge is 2.35. The smallest absolute Gasteiger partial charge is 0.300 e. The van der Waals surface area contributed by atoms with E-state index in [0.717, 1.165) is 64.5 Å². The molecule has 152 valence electrons. The Morgan fingerprint density at radius 3 is 2.81 bits per heavy atom. The maximum Gasteiger partial charge on any atom is 0.300 e. The SMILES string of the molecule is CC(=O)O.CCCCn1nc(CC(N)=O)nc1[C@H]1CC[C@H]2OCCN[C@@H]2C1. The number of amides is 1. The Bertz CT molecular complexity index is 629. The van der Waals surface area contributed by atoms with E-state index in [1.165, 1.54) is 0 Å². The molecule has 2 aliphatic rings. The third-order valence-corrected chi connectivity index (χ3v) is 4.79. The number of carboxylic acid groups (broad SMARTS) is 1. The van der Waals surface area contributed by atoms with Gasteiger partial charge in [0, 0.05) is 32.0 Å². The Labute approximate surface area is 159 Å². The van der Waals surface area contributed by atoms with Gasteiger partial charge in [-0.25, -0.2) is 9.67 Å². The number of aryl methyl sites for hydroxylation is 1. The number of carbonyl (C=O) groups excluding carboxylic acids is 1. The highest BCUT2D eigenvalue weighted by molar-refractivity contribution is 5.75. The number of nitrogens with zero attached hydrogens (tertiary/aromatic N) is 3. The third-order valence-electron chi connectivity index (χ3n) is 4.79. The number of aliphatic carboxylic acids is 1. The quantitative estimate of drug-likeness (QED) is 0.664. The van der Waals surface area contributed by atoms with Crippen LogP contribution in [0.4, 0.5) is 0 Å². The zero-order valence-corrected chi connectivity index (χ0v) is 16.2. The number of fused-ring (bicyclic) bond motifs is 1. The fourth-order valence-electron chi connectivity index (χ4n) is 3.65. The Kier molecular flexibility index (Phi) is 8.18. The van der Waals surface area contributed by atoms with Crippen molar-refractivity contribution in [1.29, 1.82) is 0 Å². The molecule has 9 heteroatoms. The molecule has 1 amide bonds. The summed E-state index contributed by atoms with van der Waals surface area (Å²) in [5.41, 5.74) is 5.30. The lowest BCUT2D eigenvalue weighted by Gasteiger charge is -2.39. The zero-order chi connectivity index (χ0) is 19.8. The summed E-state index contributed by atoms with van der Waals surface area (Å²) in [5, 5.41) is 15.5. The Hall–Kier alpha value is -2.00. The molecule has 1 aliphatic heterocycles. The molecule has 27 heavy (non-hydrogen) atoms. The van der Waals surface area contributed by atoms with E-state index in [1.54, 1.807) is 0 Å². The molecule has 2 fully saturated rings. The first-order chi connectivity index (χ1) is 12.9. The highest BCUT2D eigenvalue weighted by Crippen LogP contribution is 2.34. The molecule has 3 rings (SSSR count). The van der Waals surface area contributed by atoms with Gasteiger partial charge in [0.05, 0.1) is 19.1 Å². The molecule has 9 nitrogen and oxygen atoms in total. The number of aromatic nitrogens is 3. The maximum absolute atomic E-state index is 11.2. The minimum atomic E-state index is -0.833. The summed E-state index contributed by atoms with van der Waals surface area (Å²) in [6.45, 7) is 5.83. The minimum Gasteiger partial charge on any atom is -0.481 e. The molecule has 3 atom stereocenters. The molecular formula is C18H31N5O4. The van der Waals surface area contributed by atoms with E-state index in [-0.39, 0.29) is 12.3 Å². The third kappa shape index (κ3) is 6.59. The van der Waals surface area contributed by atoms with E-state index in [2.05, 4.69) is 22.3 Å². The Morgan fingerprint density at radius 2 is 2.15 bits per heavy atom. The first-order valence-corrected chi connectivity index (χ1v) is 9.67. The van der Waals surface area contributed by atoms with Gasteiger partial charge in [0.25, 0.3) is 5.97 Å². The number of morpholine rings is 1. The van der Waals surface area contributed by atoms with Crippen LogP contribution < -0.4 is 11.1 Å². The number of carboxylic acids is 1. The lowest BCUT2D eigenvalue weighted by molar-refractivity contribution is -0.134. The highest BCUT2D eigenvalue weighted by atomic mass is 16.5. The number of nitrogens with one attached hydrogen (secondary N) is 1. The van der Waals surface area contributed by atoms with Crippen molar-refractivity contribution in [1.82, 2.24) is 20.1 Å². The number of unbranched alkanes of at least 4 members (excludes halogenated alkanes) is 1. The van der Waals surface area contributed by atoms with E-state index in [1.807, 2.05) is 4.68 Å². The molecule has 1 saturated heterocycles. The van der Waals surface area contributed by atoms with E-state index < -0.39 is 5.97 Å². The predicted octanol–water partition coefficient (Wildman–Crippen LogP) is 0.821. The van der Waals surface area contributed by atoms with E-state index in [4.69, 9.17) is 20.4 Å². The van der Waals surface area contributed by atoms with Crippen molar-refractivity contribution in [3.63, 3.8) is 0 Å². The van der Waals surface area contributed by atoms with Crippen LogP contribution in [-0.2, 0) is 27.3 Å². The lowest BCUT2D eigenvalue weighted by atomic mass is 9.82. The van der Waals surface area contributed by atoms with Gasteiger partial charge < -0.3 is 20.9 Å². The van der Waals surface area contributed by atoms with Gasteiger partial charge in [-0.1, -0.05) is 13.3 Å². The normalized spacial score (nSPS) is 24.4. The summed E-state index contributed by atoms with van der Waals surface area (Å²) >= 11 is 0. The van der Waals surface area contributed by atoms with Crippen LogP contribution in [0, 0.1) is 0 Å². The van der Waals surface area contributed by atoms with Gasteiger partial charge in [0.1, 0.15) is 5.82 Å². The van der Waals surface area contributed by atoms with E-state index >= 15 is 0 Å². The average molecular weight is 381 g/mol. The minimum absolute atomic E-state index is 0.117. The van der Waals surface area contributed by atoms with Crippen molar-refractivity contribution < 1.29 is 19.4 Å². The van der Waals surface area contributed by atoms with Crippen LogP contribution in [0.1, 0.15) is 63.5 Å². The summed E-state index contributed by atoms with van der Waals surface area (Å²) in [6, 6.07) is 0.401. The Balaban J connectivity index is 0.000000596. The second kappa shape index (κ2) is 10.4. The Morgan fingerprint density at radius 1 is 1.41 bits per heavy atom. The van der Waals surface area contributed by atoms with Crippen LogP contribution in [0.15, 0.2) is 0 Å². The molecule has 0 spiro atoms. The molecule has 1 aromatic rings. The molecule has 1 aromatic heterocycles. The zero-order valence-electron chi connectivity index (χ0n) is 16.2. The van der Waals surface area contributed by atoms with Gasteiger partial charge in [-0.15, -0.1) is 0 Å². The van der Waals surface area contributed by atoms with Crippen molar-refractivity contribution in [3.8, 4) is 0 Å². The summed E-state index contributed by atoms with van der Waals surface area (Å²) in [5.74, 6) is 0.728. The topological polar surface area (TPSA) is 132 Å². The number of hydrogen-bond donors (Lipinski definition) is 3. The number of rotatable bonds is 6. The summed E-state index contributed by atoms with van der Waals surface area (Å²) in [4.78, 5) is 24.8. The molecule has 2 heterocycles. The number of hydrogen-bond acceptors (Lipinski definition) is 6.